The van der Waals surface area contributed by atoms with Crippen LogP contribution in [-0.2, 0) is 11.3 Å². The van der Waals surface area contributed by atoms with E-state index >= 15 is 0 Å². The van der Waals surface area contributed by atoms with Crippen LogP contribution >= 0.6 is 11.6 Å². The average molecular weight is 391 g/mol. The van der Waals surface area contributed by atoms with Crippen LogP contribution in [0.25, 0.3) is 0 Å². The lowest BCUT2D eigenvalue weighted by atomic mass is 10.0. The molecule has 0 bridgehead atoms. The summed E-state index contributed by atoms with van der Waals surface area (Å²) in [7, 11) is 1.89. The van der Waals surface area contributed by atoms with E-state index in [9.17, 15) is 4.79 Å². The fourth-order valence-electron chi connectivity index (χ4n) is 2.83. The number of rotatable bonds is 6. The zero-order chi connectivity index (χ0) is 19.4. The second kappa shape index (κ2) is 8.17. The third-order valence-electron chi connectivity index (χ3n) is 4.39. The highest BCUT2D eigenvalue weighted by Gasteiger charge is 2.40. The summed E-state index contributed by atoms with van der Waals surface area (Å²) in [5.74, 6) is 0.876. The Morgan fingerprint density at radius 2 is 2.04 bits per heavy atom. The van der Waals surface area contributed by atoms with Crippen molar-refractivity contribution in [2.45, 2.75) is 19.1 Å². The molecule has 0 saturated carbocycles. The topological polar surface area (TPSA) is 71.0 Å². The monoisotopic (exact) mass is 390 g/mol. The summed E-state index contributed by atoms with van der Waals surface area (Å²) in [6, 6.07) is 12.6. The van der Waals surface area contributed by atoms with Gasteiger partial charge >= 0.3 is 0 Å². The molecule has 2 aromatic rings. The summed E-state index contributed by atoms with van der Waals surface area (Å²) in [5, 5.41) is 12.5. The Hall–Kier alpha value is -2.28. The lowest BCUT2D eigenvalue weighted by Gasteiger charge is -2.34. The van der Waals surface area contributed by atoms with Crippen LogP contribution in [0.4, 0.5) is 5.69 Å². The molecule has 144 valence electrons. The first-order valence-electron chi connectivity index (χ1n) is 8.71. The van der Waals surface area contributed by atoms with Gasteiger partial charge in [-0.3, -0.25) is 9.69 Å². The van der Waals surface area contributed by atoms with Gasteiger partial charge in [-0.2, -0.15) is 0 Å². The molecule has 0 radical (unpaired) electrons. The summed E-state index contributed by atoms with van der Waals surface area (Å²) < 4.78 is 11.6. The van der Waals surface area contributed by atoms with Crippen LogP contribution in [0, 0.1) is 0 Å². The third kappa shape index (κ3) is 4.53. The molecule has 1 atom stereocenters. The summed E-state index contributed by atoms with van der Waals surface area (Å²) in [4.78, 5) is 14.8. The number of aliphatic hydroxyl groups is 1. The molecule has 1 aliphatic rings. The van der Waals surface area contributed by atoms with Gasteiger partial charge in [0.1, 0.15) is 6.61 Å². The number of benzene rings is 2. The third-order valence-corrected chi connectivity index (χ3v) is 4.76. The van der Waals surface area contributed by atoms with E-state index in [0.717, 1.165) is 5.56 Å². The molecule has 1 aliphatic heterocycles. The second-order valence-electron chi connectivity index (χ2n) is 6.79. The number of hydrogen-bond acceptors (Lipinski definition) is 5. The molecular formula is C20H23ClN2O4. The maximum atomic E-state index is 12.8. The highest BCUT2D eigenvalue weighted by Crippen LogP contribution is 2.35. The van der Waals surface area contributed by atoms with Gasteiger partial charge in [-0.15, -0.1) is 0 Å². The van der Waals surface area contributed by atoms with Crippen LogP contribution in [0.5, 0.6) is 11.5 Å². The molecule has 0 aliphatic carbocycles. The Bertz CT molecular complexity index is 829. The molecule has 0 spiro atoms. The first-order chi connectivity index (χ1) is 12.9. The van der Waals surface area contributed by atoms with E-state index in [-0.39, 0.29) is 19.1 Å². The maximum absolute atomic E-state index is 12.8. The van der Waals surface area contributed by atoms with Gasteiger partial charge < -0.3 is 19.9 Å². The lowest BCUT2D eigenvalue weighted by Crippen LogP contribution is -2.52. The molecule has 0 aromatic heterocycles. The van der Waals surface area contributed by atoms with Crippen LogP contribution in [-0.4, -0.2) is 48.3 Å². The Labute approximate surface area is 163 Å². The smallest absolute Gasteiger partial charge is 0.271 e. The molecule has 2 aromatic carbocycles. The predicted octanol–water partition coefficient (Wildman–Crippen LogP) is 2.93. The average Bonchev–Trinajstić information content (AvgIpc) is 2.64. The van der Waals surface area contributed by atoms with Crippen molar-refractivity contribution in [1.29, 1.82) is 0 Å². The van der Waals surface area contributed by atoms with E-state index in [1.54, 1.807) is 31.2 Å². The number of halogens is 1. The molecular weight excluding hydrogens is 368 g/mol. The summed E-state index contributed by atoms with van der Waals surface area (Å²) in [6.45, 7) is 2.99. The van der Waals surface area contributed by atoms with Gasteiger partial charge in [0.15, 0.2) is 11.5 Å². The number of hydrogen-bond donors (Lipinski definition) is 2. The number of nitrogens with zero attached hydrogens (tertiary/aromatic N) is 1. The van der Waals surface area contributed by atoms with Crippen molar-refractivity contribution in [3.8, 4) is 11.5 Å². The fraction of sp³-hybridized carbons (Fsp3) is 0.350. The number of amides is 1. The van der Waals surface area contributed by atoms with Crippen molar-refractivity contribution in [2.24, 2.45) is 0 Å². The van der Waals surface area contributed by atoms with Crippen molar-refractivity contribution < 1.29 is 19.4 Å². The SMILES string of the molecule is CN(CCO)Cc1cc(NC(=O)C2(C)COc3ccccc3O2)ccc1Cl. The number of nitrogens with one attached hydrogen (secondary N) is 1. The molecule has 2 N–H and O–H groups in total. The van der Waals surface area contributed by atoms with Crippen molar-refractivity contribution in [1.82, 2.24) is 4.90 Å². The van der Waals surface area contributed by atoms with Crippen LogP contribution in [0.15, 0.2) is 42.5 Å². The number of carbonyl (C=O) groups is 1. The number of likely N-dealkylation sites (N-methyl/N-ethyl adjacent to an activating group) is 1. The molecule has 1 heterocycles. The maximum Gasteiger partial charge on any atom is 0.271 e. The quantitative estimate of drug-likeness (QED) is 0.793. The van der Waals surface area contributed by atoms with Crippen LogP contribution in [0.1, 0.15) is 12.5 Å². The Kier molecular flexibility index (Phi) is 5.89. The highest BCUT2D eigenvalue weighted by molar-refractivity contribution is 6.31. The number of carbonyl (C=O) groups excluding carboxylic acids is 1. The number of aliphatic hydroxyl groups excluding tert-OH is 1. The standard InChI is InChI=1S/C20H23ClN2O4/c1-20(13-26-17-5-3-4-6-18(17)27-20)19(25)22-15-7-8-16(21)14(11-15)12-23(2)9-10-24/h3-8,11,24H,9-10,12-13H2,1-2H3,(H,22,25). The Morgan fingerprint density at radius 3 is 2.78 bits per heavy atom. The minimum Gasteiger partial charge on any atom is -0.485 e. The fourth-order valence-corrected chi connectivity index (χ4v) is 3.01. The van der Waals surface area contributed by atoms with Gasteiger partial charge in [0, 0.05) is 23.8 Å². The van der Waals surface area contributed by atoms with Crippen LogP contribution in [0.3, 0.4) is 0 Å². The van der Waals surface area contributed by atoms with Gasteiger partial charge in [-0.1, -0.05) is 23.7 Å². The first kappa shape index (κ1) is 19.5. The van der Waals surface area contributed by atoms with Crippen LogP contribution in [0.2, 0.25) is 5.02 Å². The molecule has 1 amide bonds. The van der Waals surface area contributed by atoms with E-state index in [1.165, 1.54) is 0 Å². The van der Waals surface area contributed by atoms with Crippen molar-refractivity contribution >= 4 is 23.2 Å². The molecule has 7 heteroatoms. The van der Waals surface area contributed by atoms with Crippen molar-refractivity contribution in [3.05, 3.63) is 53.1 Å². The molecule has 3 rings (SSSR count). The normalized spacial score (nSPS) is 18.4. The zero-order valence-electron chi connectivity index (χ0n) is 15.4. The van der Waals surface area contributed by atoms with Crippen molar-refractivity contribution in [2.75, 3.05) is 32.1 Å². The second-order valence-corrected chi connectivity index (χ2v) is 7.20. The number of anilines is 1. The van der Waals surface area contributed by atoms with E-state index in [2.05, 4.69) is 5.32 Å². The minimum atomic E-state index is -1.14. The van der Waals surface area contributed by atoms with Crippen LogP contribution < -0.4 is 14.8 Å². The van der Waals surface area contributed by atoms with E-state index in [1.807, 2.05) is 30.1 Å². The number of fused-ring (bicyclic) bond motifs is 1. The van der Waals surface area contributed by atoms with Crippen molar-refractivity contribution in [3.63, 3.8) is 0 Å². The van der Waals surface area contributed by atoms with E-state index < -0.39 is 5.60 Å². The lowest BCUT2D eigenvalue weighted by molar-refractivity contribution is -0.134. The number of ether oxygens (including phenoxy) is 2. The van der Waals surface area contributed by atoms with Gasteiger partial charge in [-0.05, 0) is 49.9 Å². The predicted molar refractivity (Wildman–Crippen MR) is 104 cm³/mol. The molecule has 0 fully saturated rings. The Morgan fingerprint density at radius 1 is 1.30 bits per heavy atom. The Balaban J connectivity index is 1.72. The van der Waals surface area contributed by atoms with E-state index in [4.69, 9.17) is 26.2 Å². The molecule has 1 unspecified atom stereocenters. The van der Waals surface area contributed by atoms with Gasteiger partial charge in [0.2, 0.25) is 5.60 Å². The number of para-hydroxylation sites is 2. The molecule has 0 saturated heterocycles. The van der Waals surface area contributed by atoms with Gasteiger partial charge in [0.05, 0.1) is 6.61 Å². The van der Waals surface area contributed by atoms with E-state index in [0.29, 0.717) is 35.3 Å². The zero-order valence-corrected chi connectivity index (χ0v) is 16.1. The minimum absolute atomic E-state index is 0.0711. The first-order valence-corrected chi connectivity index (χ1v) is 9.09. The largest absolute Gasteiger partial charge is 0.485 e. The van der Waals surface area contributed by atoms with Gasteiger partial charge in [0.25, 0.3) is 5.91 Å². The summed E-state index contributed by atoms with van der Waals surface area (Å²) in [5.41, 5.74) is 0.351. The summed E-state index contributed by atoms with van der Waals surface area (Å²) in [6.07, 6.45) is 0. The molecule has 6 nitrogen and oxygen atoms in total. The molecule has 27 heavy (non-hydrogen) atoms. The highest BCUT2D eigenvalue weighted by atomic mass is 35.5. The van der Waals surface area contributed by atoms with Gasteiger partial charge in [-0.25, -0.2) is 0 Å². The summed E-state index contributed by atoms with van der Waals surface area (Å²) >= 11 is 6.26.